The Balaban J connectivity index is 1.56. The van der Waals surface area contributed by atoms with E-state index in [1.54, 1.807) is 35.1 Å². The van der Waals surface area contributed by atoms with E-state index in [-0.39, 0.29) is 11.9 Å². The van der Waals surface area contributed by atoms with Crippen molar-refractivity contribution in [3.8, 4) is 0 Å². The monoisotopic (exact) mass is 334 g/mol. The summed E-state index contributed by atoms with van der Waals surface area (Å²) in [5.41, 5.74) is 0. The fraction of sp³-hybridized carbons (Fsp3) is 0.429. The van der Waals surface area contributed by atoms with E-state index in [2.05, 4.69) is 20.7 Å². The molecule has 0 aliphatic carbocycles. The van der Waals surface area contributed by atoms with E-state index in [1.807, 2.05) is 5.38 Å². The van der Waals surface area contributed by atoms with Crippen LogP contribution >= 0.6 is 11.3 Å². The number of nitrogens with one attached hydrogen (secondary N) is 2. The van der Waals surface area contributed by atoms with Gasteiger partial charge in [-0.1, -0.05) is 0 Å². The molecule has 0 spiro atoms. The van der Waals surface area contributed by atoms with E-state index in [4.69, 9.17) is 0 Å². The van der Waals surface area contributed by atoms with Crippen molar-refractivity contribution in [2.45, 2.75) is 25.4 Å². The largest absolute Gasteiger partial charge is 0.332 e. The zero-order valence-electron chi connectivity index (χ0n) is 12.7. The van der Waals surface area contributed by atoms with Crippen LogP contribution in [0.5, 0.6) is 0 Å². The van der Waals surface area contributed by atoms with Gasteiger partial charge < -0.3 is 10.6 Å². The van der Waals surface area contributed by atoms with Crippen molar-refractivity contribution in [2.75, 3.05) is 11.4 Å². The predicted octanol–water partition coefficient (Wildman–Crippen LogP) is 0.871. The van der Waals surface area contributed by atoms with Crippen molar-refractivity contribution < 1.29 is 9.59 Å². The van der Waals surface area contributed by atoms with Crippen molar-refractivity contribution in [1.82, 2.24) is 25.4 Å². The highest BCUT2D eigenvalue weighted by Crippen LogP contribution is 2.19. The smallest absolute Gasteiger partial charge is 0.315 e. The first-order chi connectivity index (χ1) is 11.1. The summed E-state index contributed by atoms with van der Waals surface area (Å²) in [6.45, 7) is 0.975. The second kappa shape index (κ2) is 6.78. The molecule has 0 radical (unpaired) electrons. The van der Waals surface area contributed by atoms with Crippen molar-refractivity contribution in [3.63, 3.8) is 0 Å². The van der Waals surface area contributed by atoms with Crippen LogP contribution < -0.4 is 15.5 Å². The highest BCUT2D eigenvalue weighted by Gasteiger charge is 2.31. The molecule has 1 fully saturated rings. The number of rotatable bonds is 4. The number of carbonyl (C=O) groups excluding carboxylic acids is 2. The summed E-state index contributed by atoms with van der Waals surface area (Å²) >= 11 is 1.47. The molecule has 1 atom stereocenters. The van der Waals surface area contributed by atoms with Gasteiger partial charge in [-0.3, -0.25) is 14.4 Å². The van der Waals surface area contributed by atoms with Gasteiger partial charge >= 0.3 is 6.03 Å². The Hall–Kier alpha value is -2.42. The molecule has 0 saturated carbocycles. The standard InChI is InChI=1S/C14H18N6O2S/c1-19-7-4-11(18-19)20-6-2-3-10(13(20)21)17-14(22)16-9-12-15-5-8-23-12/h4-5,7-8,10H,2-3,6,9H2,1H3,(H2,16,17,22)/t10-/m0/s1. The lowest BCUT2D eigenvalue weighted by molar-refractivity contribution is -0.121. The number of amides is 3. The van der Waals surface area contributed by atoms with Gasteiger partial charge in [0.15, 0.2) is 5.82 Å². The third kappa shape index (κ3) is 3.67. The zero-order valence-corrected chi connectivity index (χ0v) is 13.5. The molecule has 2 N–H and O–H groups in total. The minimum atomic E-state index is -0.526. The van der Waals surface area contributed by atoms with Crippen LogP contribution in [0.15, 0.2) is 23.8 Å². The molecule has 3 heterocycles. The number of nitrogens with zero attached hydrogens (tertiary/aromatic N) is 4. The molecule has 23 heavy (non-hydrogen) atoms. The molecule has 2 aromatic rings. The van der Waals surface area contributed by atoms with Gasteiger partial charge in [0.1, 0.15) is 11.0 Å². The Kier molecular flexibility index (Phi) is 4.56. The van der Waals surface area contributed by atoms with E-state index in [0.717, 1.165) is 11.4 Å². The second-order valence-electron chi connectivity index (χ2n) is 5.29. The highest BCUT2D eigenvalue weighted by molar-refractivity contribution is 7.09. The molecule has 9 heteroatoms. The number of anilines is 1. The number of piperidine rings is 1. The molecule has 3 amide bonds. The first-order valence-electron chi connectivity index (χ1n) is 7.37. The van der Waals surface area contributed by atoms with Gasteiger partial charge in [0.25, 0.3) is 5.91 Å². The lowest BCUT2D eigenvalue weighted by Crippen LogP contribution is -2.54. The summed E-state index contributed by atoms with van der Waals surface area (Å²) in [4.78, 5) is 30.2. The highest BCUT2D eigenvalue weighted by atomic mass is 32.1. The SMILES string of the molecule is Cn1ccc(N2CCC[C@H](NC(=O)NCc3nccs3)C2=O)n1. The van der Waals surface area contributed by atoms with E-state index in [1.165, 1.54) is 11.3 Å². The van der Waals surface area contributed by atoms with Crippen LogP contribution in [0.4, 0.5) is 10.6 Å². The average molecular weight is 334 g/mol. The Morgan fingerprint density at radius 1 is 1.52 bits per heavy atom. The quantitative estimate of drug-likeness (QED) is 0.868. The second-order valence-corrected chi connectivity index (χ2v) is 6.26. The van der Waals surface area contributed by atoms with Gasteiger partial charge in [0.05, 0.1) is 6.54 Å². The number of hydrogen-bond acceptors (Lipinski definition) is 5. The number of aryl methyl sites for hydroxylation is 1. The molecule has 3 rings (SSSR count). The third-order valence-corrected chi connectivity index (χ3v) is 4.38. The van der Waals surface area contributed by atoms with Gasteiger partial charge in [-0.05, 0) is 12.8 Å². The molecule has 0 unspecified atom stereocenters. The van der Waals surface area contributed by atoms with Crippen molar-refractivity contribution in [3.05, 3.63) is 28.8 Å². The molecule has 8 nitrogen and oxygen atoms in total. The first kappa shape index (κ1) is 15.5. The van der Waals surface area contributed by atoms with Crippen LogP contribution in [0.2, 0.25) is 0 Å². The maximum absolute atomic E-state index is 12.5. The fourth-order valence-electron chi connectivity index (χ4n) is 2.49. The number of thiazole rings is 1. The Labute approximate surface area is 137 Å². The molecule has 0 aromatic carbocycles. The minimum Gasteiger partial charge on any atom is -0.332 e. The van der Waals surface area contributed by atoms with Crippen LogP contribution in [-0.2, 0) is 18.4 Å². The van der Waals surface area contributed by atoms with E-state index in [9.17, 15) is 9.59 Å². The van der Waals surface area contributed by atoms with Crippen LogP contribution in [0.3, 0.4) is 0 Å². The van der Waals surface area contributed by atoms with E-state index in [0.29, 0.717) is 25.3 Å². The normalized spacial score (nSPS) is 18.0. The summed E-state index contributed by atoms with van der Waals surface area (Å²) in [7, 11) is 1.81. The minimum absolute atomic E-state index is 0.126. The summed E-state index contributed by atoms with van der Waals surface area (Å²) < 4.78 is 1.65. The average Bonchev–Trinajstić information content (AvgIpc) is 3.19. The van der Waals surface area contributed by atoms with Crippen LogP contribution in [0.1, 0.15) is 17.8 Å². The molecule has 2 aromatic heterocycles. The summed E-state index contributed by atoms with van der Waals surface area (Å²) in [5, 5.41) is 12.4. The van der Waals surface area contributed by atoms with Gasteiger partial charge in [0, 0.05) is 37.4 Å². The van der Waals surface area contributed by atoms with Crippen molar-refractivity contribution in [2.24, 2.45) is 7.05 Å². The number of carbonyl (C=O) groups is 2. The molecule has 122 valence electrons. The number of hydrogen-bond donors (Lipinski definition) is 2. The van der Waals surface area contributed by atoms with E-state index >= 15 is 0 Å². The summed E-state index contributed by atoms with van der Waals surface area (Å²) in [5.74, 6) is 0.492. The van der Waals surface area contributed by atoms with Crippen LogP contribution in [0.25, 0.3) is 0 Å². The lowest BCUT2D eigenvalue weighted by Gasteiger charge is -2.31. The summed E-state index contributed by atoms with van der Waals surface area (Å²) in [6.07, 6.45) is 4.93. The van der Waals surface area contributed by atoms with Crippen molar-refractivity contribution in [1.29, 1.82) is 0 Å². The van der Waals surface area contributed by atoms with Gasteiger partial charge in [0.2, 0.25) is 0 Å². The van der Waals surface area contributed by atoms with Crippen molar-refractivity contribution >= 4 is 29.1 Å². The molecular formula is C14H18N6O2S. The van der Waals surface area contributed by atoms with Gasteiger partial charge in [-0.2, -0.15) is 5.10 Å². The van der Waals surface area contributed by atoms with Crippen LogP contribution in [-0.4, -0.2) is 39.3 Å². The predicted molar refractivity (Wildman–Crippen MR) is 86.1 cm³/mol. The fourth-order valence-corrected chi connectivity index (χ4v) is 3.04. The van der Waals surface area contributed by atoms with E-state index < -0.39 is 6.04 Å². The summed E-state index contributed by atoms with van der Waals surface area (Å²) in [6, 6.07) is 0.909. The van der Waals surface area contributed by atoms with Gasteiger partial charge in [-0.15, -0.1) is 11.3 Å². The molecular weight excluding hydrogens is 316 g/mol. The Bertz CT molecular complexity index is 683. The maximum Gasteiger partial charge on any atom is 0.315 e. The van der Waals surface area contributed by atoms with Crippen LogP contribution in [0, 0.1) is 0 Å². The maximum atomic E-state index is 12.5. The first-order valence-corrected chi connectivity index (χ1v) is 8.25. The molecule has 0 bridgehead atoms. The number of urea groups is 1. The lowest BCUT2D eigenvalue weighted by atomic mass is 10.1. The number of aromatic nitrogens is 3. The zero-order chi connectivity index (χ0) is 16.2. The molecule has 1 saturated heterocycles. The molecule has 1 aliphatic heterocycles. The molecule has 1 aliphatic rings. The Morgan fingerprint density at radius 2 is 2.39 bits per heavy atom. The third-order valence-electron chi connectivity index (χ3n) is 3.60. The topological polar surface area (TPSA) is 92.1 Å². The van der Waals surface area contributed by atoms with Gasteiger partial charge in [-0.25, -0.2) is 9.78 Å². The Morgan fingerprint density at radius 3 is 3.09 bits per heavy atom.